The normalized spacial score (nSPS) is 11.4. The molecule has 3 aromatic rings. The summed E-state index contributed by atoms with van der Waals surface area (Å²) in [6.07, 6.45) is 0. The number of anilines is 1. The second kappa shape index (κ2) is 6.56. The van der Waals surface area contributed by atoms with E-state index in [2.05, 4.69) is 30.8 Å². The van der Waals surface area contributed by atoms with Crippen LogP contribution >= 0.6 is 38.9 Å². The Bertz CT molecular complexity index is 925. The molecule has 0 aliphatic rings. The van der Waals surface area contributed by atoms with E-state index in [0.29, 0.717) is 10.0 Å². The highest BCUT2D eigenvalue weighted by molar-refractivity contribution is 9.10. The first-order chi connectivity index (χ1) is 10.9. The molecule has 0 radical (unpaired) electrons. The van der Waals surface area contributed by atoms with Gasteiger partial charge in [-0.1, -0.05) is 51.0 Å². The van der Waals surface area contributed by atoms with E-state index in [4.69, 9.17) is 11.6 Å². The minimum atomic E-state index is -3.69. The summed E-state index contributed by atoms with van der Waals surface area (Å²) in [6, 6.07) is 13.4. The first-order valence-electron chi connectivity index (χ1n) is 6.32. The lowest BCUT2D eigenvalue weighted by atomic mass is 10.2. The van der Waals surface area contributed by atoms with Gasteiger partial charge in [-0.15, -0.1) is 10.2 Å². The molecular weight excluding hydrogens is 422 g/mol. The highest BCUT2D eigenvalue weighted by atomic mass is 79.9. The average molecular weight is 431 g/mol. The number of halogens is 2. The largest absolute Gasteiger partial charge is 0.263 e. The molecule has 0 aliphatic carbocycles. The van der Waals surface area contributed by atoms with Crippen molar-refractivity contribution in [1.82, 2.24) is 10.2 Å². The molecule has 1 heterocycles. The quantitative estimate of drug-likeness (QED) is 0.665. The second-order valence-corrected chi connectivity index (χ2v) is 8.49. The highest BCUT2D eigenvalue weighted by Gasteiger charge is 2.17. The summed E-state index contributed by atoms with van der Waals surface area (Å²) in [7, 11) is -3.69. The van der Waals surface area contributed by atoms with Crippen LogP contribution in [-0.4, -0.2) is 18.6 Å². The fraction of sp³-hybridized carbons (Fsp3) is 0. The fourth-order valence-corrected chi connectivity index (χ4v) is 4.13. The number of aromatic nitrogens is 2. The first kappa shape index (κ1) is 16.4. The lowest BCUT2D eigenvalue weighted by Gasteiger charge is -2.04. The maximum atomic E-state index is 12.3. The van der Waals surface area contributed by atoms with Crippen molar-refractivity contribution in [3.05, 3.63) is 58.0 Å². The van der Waals surface area contributed by atoms with Crippen LogP contribution in [0.4, 0.5) is 5.13 Å². The number of nitrogens with zero attached hydrogens (tertiary/aromatic N) is 2. The lowest BCUT2D eigenvalue weighted by Crippen LogP contribution is -2.12. The van der Waals surface area contributed by atoms with Gasteiger partial charge in [0.25, 0.3) is 10.0 Å². The molecule has 0 amide bonds. The molecule has 0 unspecified atom stereocenters. The summed E-state index contributed by atoms with van der Waals surface area (Å²) in [5.74, 6) is 0. The zero-order valence-electron chi connectivity index (χ0n) is 11.4. The molecular formula is C14H9BrClN3O2S2. The van der Waals surface area contributed by atoms with E-state index in [1.807, 2.05) is 0 Å². The van der Waals surface area contributed by atoms with Crippen molar-refractivity contribution in [3.8, 4) is 10.6 Å². The summed E-state index contributed by atoms with van der Waals surface area (Å²) >= 11 is 10.3. The molecule has 0 aliphatic heterocycles. The zero-order valence-corrected chi connectivity index (χ0v) is 15.4. The van der Waals surface area contributed by atoms with Crippen molar-refractivity contribution >= 4 is 54.0 Å². The van der Waals surface area contributed by atoms with Crippen molar-refractivity contribution < 1.29 is 8.42 Å². The SMILES string of the molecule is O=S(=O)(Nc1nnc(-c2ccc(Cl)cc2)s1)c1ccc(Br)cc1. The van der Waals surface area contributed by atoms with E-state index in [1.54, 1.807) is 36.4 Å². The molecule has 0 fully saturated rings. The summed E-state index contributed by atoms with van der Waals surface area (Å²) in [5, 5.41) is 9.31. The summed E-state index contributed by atoms with van der Waals surface area (Å²) < 4.78 is 27.8. The Morgan fingerprint density at radius 3 is 2.30 bits per heavy atom. The second-order valence-electron chi connectivity index (χ2n) is 4.48. The lowest BCUT2D eigenvalue weighted by molar-refractivity contribution is 0.601. The van der Waals surface area contributed by atoms with E-state index >= 15 is 0 Å². The molecule has 0 saturated heterocycles. The van der Waals surface area contributed by atoms with E-state index in [1.165, 1.54) is 12.1 Å². The summed E-state index contributed by atoms with van der Waals surface area (Å²) in [6.45, 7) is 0. The van der Waals surface area contributed by atoms with Gasteiger partial charge in [-0.05, 0) is 36.4 Å². The first-order valence-corrected chi connectivity index (χ1v) is 9.79. The molecule has 0 spiro atoms. The van der Waals surface area contributed by atoms with Crippen LogP contribution in [0.25, 0.3) is 10.6 Å². The van der Waals surface area contributed by atoms with Crippen LogP contribution in [0, 0.1) is 0 Å². The van der Waals surface area contributed by atoms with Crippen molar-refractivity contribution in [1.29, 1.82) is 0 Å². The average Bonchev–Trinajstić information content (AvgIpc) is 2.96. The van der Waals surface area contributed by atoms with Gasteiger partial charge in [0.15, 0.2) is 0 Å². The van der Waals surface area contributed by atoms with Gasteiger partial charge in [-0.25, -0.2) is 8.42 Å². The standard InChI is InChI=1S/C14H9BrClN3O2S2/c15-10-3-7-12(8-4-10)23(20,21)19-14-18-17-13(22-14)9-1-5-11(16)6-2-9/h1-8H,(H,18,19). The van der Waals surface area contributed by atoms with Crippen LogP contribution in [0.15, 0.2) is 57.9 Å². The highest BCUT2D eigenvalue weighted by Crippen LogP contribution is 2.28. The molecule has 118 valence electrons. The van der Waals surface area contributed by atoms with E-state index in [0.717, 1.165) is 21.4 Å². The van der Waals surface area contributed by atoms with Gasteiger partial charge in [0, 0.05) is 15.1 Å². The number of nitrogens with one attached hydrogen (secondary N) is 1. The Kier molecular flexibility index (Phi) is 4.67. The molecule has 0 bridgehead atoms. The van der Waals surface area contributed by atoms with Gasteiger partial charge >= 0.3 is 0 Å². The molecule has 2 aromatic carbocycles. The van der Waals surface area contributed by atoms with Gasteiger partial charge in [0.05, 0.1) is 4.90 Å². The number of rotatable bonds is 4. The predicted molar refractivity (Wildman–Crippen MR) is 95.3 cm³/mol. The third-order valence-corrected chi connectivity index (χ3v) is 6.01. The molecule has 0 saturated carbocycles. The van der Waals surface area contributed by atoms with Gasteiger partial charge in [-0.3, -0.25) is 4.72 Å². The number of sulfonamides is 1. The Hall–Kier alpha value is -1.48. The van der Waals surface area contributed by atoms with Crippen molar-refractivity contribution in [3.63, 3.8) is 0 Å². The third kappa shape index (κ3) is 3.89. The monoisotopic (exact) mass is 429 g/mol. The van der Waals surface area contributed by atoms with Crippen molar-refractivity contribution in [2.75, 3.05) is 4.72 Å². The van der Waals surface area contributed by atoms with Crippen LogP contribution < -0.4 is 4.72 Å². The zero-order chi connectivity index (χ0) is 16.4. The molecule has 23 heavy (non-hydrogen) atoms. The fourth-order valence-electron chi connectivity index (χ4n) is 1.76. The molecule has 1 N–H and O–H groups in total. The third-order valence-electron chi connectivity index (χ3n) is 2.86. The number of hydrogen-bond acceptors (Lipinski definition) is 5. The minimum absolute atomic E-state index is 0.156. The Labute approximate surface area is 150 Å². The van der Waals surface area contributed by atoms with Crippen LogP contribution in [0.3, 0.4) is 0 Å². The van der Waals surface area contributed by atoms with Gasteiger partial charge in [-0.2, -0.15) is 0 Å². The summed E-state index contributed by atoms with van der Waals surface area (Å²) in [4.78, 5) is 0.156. The van der Waals surface area contributed by atoms with Gasteiger partial charge in [0.2, 0.25) is 5.13 Å². The Morgan fingerprint density at radius 2 is 1.65 bits per heavy atom. The molecule has 9 heteroatoms. The van der Waals surface area contributed by atoms with Crippen molar-refractivity contribution in [2.24, 2.45) is 0 Å². The van der Waals surface area contributed by atoms with Crippen LogP contribution in [-0.2, 0) is 10.0 Å². The molecule has 1 aromatic heterocycles. The maximum absolute atomic E-state index is 12.3. The Morgan fingerprint density at radius 1 is 1.00 bits per heavy atom. The van der Waals surface area contributed by atoms with Gasteiger partial charge < -0.3 is 0 Å². The topological polar surface area (TPSA) is 72.0 Å². The smallest absolute Gasteiger partial charge is 0.253 e. The van der Waals surface area contributed by atoms with E-state index in [9.17, 15) is 8.42 Å². The van der Waals surface area contributed by atoms with E-state index < -0.39 is 10.0 Å². The van der Waals surface area contributed by atoms with Crippen LogP contribution in [0.5, 0.6) is 0 Å². The van der Waals surface area contributed by atoms with Crippen molar-refractivity contribution in [2.45, 2.75) is 4.90 Å². The van der Waals surface area contributed by atoms with Crippen LogP contribution in [0.1, 0.15) is 0 Å². The number of benzene rings is 2. The molecule has 5 nitrogen and oxygen atoms in total. The molecule has 0 atom stereocenters. The Balaban J connectivity index is 1.83. The predicted octanol–water partition coefficient (Wildman–Crippen LogP) is 4.42. The maximum Gasteiger partial charge on any atom is 0.263 e. The van der Waals surface area contributed by atoms with Gasteiger partial charge in [0.1, 0.15) is 5.01 Å². The number of hydrogen-bond donors (Lipinski definition) is 1. The summed E-state index contributed by atoms with van der Waals surface area (Å²) in [5.41, 5.74) is 0.820. The van der Waals surface area contributed by atoms with E-state index in [-0.39, 0.29) is 10.0 Å². The molecule has 3 rings (SSSR count). The minimum Gasteiger partial charge on any atom is -0.253 e. The van der Waals surface area contributed by atoms with Crippen LogP contribution in [0.2, 0.25) is 5.02 Å².